The van der Waals surface area contributed by atoms with Gasteiger partial charge in [-0.1, -0.05) is 44.2 Å². The van der Waals surface area contributed by atoms with Crippen LogP contribution in [0.2, 0.25) is 0 Å². The summed E-state index contributed by atoms with van der Waals surface area (Å²) in [5.74, 6) is -2.82. The predicted molar refractivity (Wildman–Crippen MR) is 122 cm³/mol. The van der Waals surface area contributed by atoms with Gasteiger partial charge in [0.1, 0.15) is 30.8 Å². The Bertz CT molecular complexity index is 909. The number of esters is 1. The fraction of sp³-hybridized carbons (Fsp3) is 0.542. The van der Waals surface area contributed by atoms with Crippen molar-refractivity contribution in [3.63, 3.8) is 0 Å². The summed E-state index contributed by atoms with van der Waals surface area (Å²) >= 11 is 0. The fourth-order valence-electron chi connectivity index (χ4n) is 3.28. The van der Waals surface area contributed by atoms with E-state index in [2.05, 4.69) is 10.6 Å². The number of amides is 4. The number of carbonyl (C=O) groups excluding carboxylic acids is 5. The van der Waals surface area contributed by atoms with Crippen molar-refractivity contribution in [2.75, 3.05) is 6.54 Å². The average Bonchev–Trinajstić information content (AvgIpc) is 2.74. The molecule has 4 amide bonds. The lowest BCUT2D eigenvalue weighted by Gasteiger charge is -2.32. The second-order valence-electron chi connectivity index (χ2n) is 9.43. The van der Waals surface area contributed by atoms with E-state index in [9.17, 15) is 24.0 Å². The van der Waals surface area contributed by atoms with E-state index in [-0.39, 0.29) is 25.4 Å². The number of hydrogen-bond donors (Lipinski definition) is 2. The van der Waals surface area contributed by atoms with Crippen LogP contribution in [-0.4, -0.2) is 58.9 Å². The normalized spacial score (nSPS) is 17.2. The van der Waals surface area contributed by atoms with Crippen LogP contribution < -0.4 is 10.6 Å². The lowest BCUT2D eigenvalue weighted by molar-refractivity contribution is -0.159. The van der Waals surface area contributed by atoms with E-state index >= 15 is 0 Å². The number of nitrogens with zero attached hydrogens (tertiary/aromatic N) is 1. The SMILES string of the molecule is CC(C)[C@H](NC(=O)OC(C)(C)C)C(=O)N[C@H]1CCC(=O)N(CC(=O)OCc2ccccc2)C1=O. The number of carbonyl (C=O) groups is 5. The van der Waals surface area contributed by atoms with Crippen molar-refractivity contribution in [2.24, 2.45) is 5.92 Å². The Morgan fingerprint density at radius 1 is 1.12 bits per heavy atom. The molecule has 2 N–H and O–H groups in total. The van der Waals surface area contributed by atoms with Crippen LogP contribution in [-0.2, 0) is 35.3 Å². The van der Waals surface area contributed by atoms with Crippen molar-refractivity contribution in [3.8, 4) is 0 Å². The molecule has 34 heavy (non-hydrogen) atoms. The molecule has 0 bridgehead atoms. The highest BCUT2D eigenvalue weighted by atomic mass is 16.6. The molecule has 2 rings (SSSR count). The highest BCUT2D eigenvalue weighted by Gasteiger charge is 2.38. The number of piperidine rings is 1. The minimum atomic E-state index is -1.01. The summed E-state index contributed by atoms with van der Waals surface area (Å²) in [6.45, 7) is 8.06. The van der Waals surface area contributed by atoms with Crippen LogP contribution in [0.3, 0.4) is 0 Å². The minimum Gasteiger partial charge on any atom is -0.459 e. The van der Waals surface area contributed by atoms with Crippen LogP contribution in [0, 0.1) is 5.92 Å². The maximum Gasteiger partial charge on any atom is 0.408 e. The molecule has 1 fully saturated rings. The summed E-state index contributed by atoms with van der Waals surface area (Å²) < 4.78 is 10.4. The number of alkyl carbamates (subject to hydrolysis) is 1. The lowest BCUT2D eigenvalue weighted by atomic mass is 10.0. The first-order chi connectivity index (χ1) is 15.9. The zero-order valence-electron chi connectivity index (χ0n) is 20.3. The van der Waals surface area contributed by atoms with E-state index in [1.165, 1.54) is 0 Å². The maximum absolute atomic E-state index is 12.9. The number of hydrogen-bond acceptors (Lipinski definition) is 7. The fourth-order valence-corrected chi connectivity index (χ4v) is 3.28. The Morgan fingerprint density at radius 3 is 2.35 bits per heavy atom. The molecular formula is C24H33N3O7. The van der Waals surface area contributed by atoms with Crippen LogP contribution in [0.1, 0.15) is 53.0 Å². The smallest absolute Gasteiger partial charge is 0.408 e. The van der Waals surface area contributed by atoms with Crippen molar-refractivity contribution >= 4 is 29.8 Å². The molecule has 0 radical (unpaired) electrons. The third kappa shape index (κ3) is 8.17. The molecule has 1 aliphatic rings. The second kappa shape index (κ2) is 11.6. The molecule has 1 aromatic carbocycles. The van der Waals surface area contributed by atoms with Gasteiger partial charge in [0, 0.05) is 6.42 Å². The zero-order valence-corrected chi connectivity index (χ0v) is 20.3. The van der Waals surface area contributed by atoms with E-state index in [1.807, 2.05) is 6.07 Å². The first-order valence-electron chi connectivity index (χ1n) is 11.2. The maximum atomic E-state index is 12.9. The Balaban J connectivity index is 1.97. The van der Waals surface area contributed by atoms with Crippen molar-refractivity contribution in [3.05, 3.63) is 35.9 Å². The lowest BCUT2D eigenvalue weighted by Crippen LogP contribution is -2.59. The van der Waals surface area contributed by atoms with Gasteiger partial charge in [-0.15, -0.1) is 0 Å². The van der Waals surface area contributed by atoms with Gasteiger partial charge in [0.25, 0.3) is 5.91 Å². The van der Waals surface area contributed by atoms with Crippen LogP contribution in [0.15, 0.2) is 30.3 Å². The zero-order chi connectivity index (χ0) is 25.5. The van der Waals surface area contributed by atoms with E-state index in [1.54, 1.807) is 58.9 Å². The van der Waals surface area contributed by atoms with Crippen molar-refractivity contribution in [2.45, 2.75) is 71.8 Å². The third-order valence-electron chi connectivity index (χ3n) is 4.98. The predicted octanol–water partition coefficient (Wildman–Crippen LogP) is 1.91. The summed E-state index contributed by atoms with van der Waals surface area (Å²) in [7, 11) is 0. The molecule has 10 heteroatoms. The molecule has 1 saturated heterocycles. The summed E-state index contributed by atoms with van der Waals surface area (Å²) in [6.07, 6.45) is -0.681. The number of rotatable bonds is 8. The molecule has 0 saturated carbocycles. The van der Waals surface area contributed by atoms with Crippen LogP contribution in [0.25, 0.3) is 0 Å². The van der Waals surface area contributed by atoms with Crippen LogP contribution in [0.4, 0.5) is 4.79 Å². The molecule has 10 nitrogen and oxygen atoms in total. The molecule has 1 aliphatic heterocycles. The molecule has 186 valence electrons. The number of benzene rings is 1. The van der Waals surface area contributed by atoms with Gasteiger partial charge in [-0.05, 0) is 38.7 Å². The monoisotopic (exact) mass is 475 g/mol. The quantitative estimate of drug-likeness (QED) is 0.434. The van der Waals surface area contributed by atoms with Gasteiger partial charge in [-0.3, -0.25) is 24.1 Å². The first kappa shape index (κ1) is 26.8. The van der Waals surface area contributed by atoms with Crippen LogP contribution in [0.5, 0.6) is 0 Å². The standard InChI is InChI=1S/C24H33N3O7/c1-15(2)20(26-23(32)34-24(3,4)5)21(30)25-17-11-12-18(28)27(22(17)31)13-19(29)33-14-16-9-7-6-8-10-16/h6-10,15,17,20H,11-14H2,1-5H3,(H,25,30)(H,26,32)/t17-,20-/m0/s1. The van der Waals surface area contributed by atoms with Gasteiger partial charge in [0.2, 0.25) is 11.8 Å². The Kier molecular flexibility index (Phi) is 9.17. The molecule has 2 atom stereocenters. The van der Waals surface area contributed by atoms with Gasteiger partial charge in [-0.25, -0.2) is 4.79 Å². The van der Waals surface area contributed by atoms with Crippen molar-refractivity contribution in [1.29, 1.82) is 0 Å². The van der Waals surface area contributed by atoms with Gasteiger partial charge >= 0.3 is 12.1 Å². The van der Waals surface area contributed by atoms with Crippen molar-refractivity contribution in [1.82, 2.24) is 15.5 Å². The van der Waals surface area contributed by atoms with Crippen molar-refractivity contribution < 1.29 is 33.4 Å². The topological polar surface area (TPSA) is 131 Å². The Morgan fingerprint density at radius 2 is 1.76 bits per heavy atom. The number of likely N-dealkylation sites (tertiary alicyclic amines) is 1. The van der Waals surface area contributed by atoms with Gasteiger partial charge in [0.05, 0.1) is 0 Å². The summed E-state index contributed by atoms with van der Waals surface area (Å²) in [6, 6.07) is 7.04. The summed E-state index contributed by atoms with van der Waals surface area (Å²) in [4.78, 5) is 63.1. The minimum absolute atomic E-state index is 0.0163. The number of ether oxygens (including phenoxy) is 2. The highest BCUT2D eigenvalue weighted by molar-refractivity contribution is 6.04. The van der Waals surface area contributed by atoms with E-state index in [4.69, 9.17) is 9.47 Å². The largest absolute Gasteiger partial charge is 0.459 e. The summed E-state index contributed by atoms with van der Waals surface area (Å²) in [5, 5.41) is 5.12. The van der Waals surface area contributed by atoms with E-state index in [0.29, 0.717) is 0 Å². The summed E-state index contributed by atoms with van der Waals surface area (Å²) in [5.41, 5.74) is 0.0340. The van der Waals surface area contributed by atoms with Gasteiger partial charge in [0.15, 0.2) is 0 Å². The third-order valence-corrected chi connectivity index (χ3v) is 4.98. The molecule has 0 unspecified atom stereocenters. The molecule has 0 aliphatic carbocycles. The second-order valence-corrected chi connectivity index (χ2v) is 9.43. The molecule has 1 aromatic rings. The van der Waals surface area contributed by atoms with E-state index < -0.39 is 54.0 Å². The number of nitrogens with one attached hydrogen (secondary N) is 2. The van der Waals surface area contributed by atoms with Crippen LogP contribution >= 0.6 is 0 Å². The van der Waals surface area contributed by atoms with Gasteiger partial charge in [-0.2, -0.15) is 0 Å². The first-order valence-corrected chi connectivity index (χ1v) is 11.2. The molecular weight excluding hydrogens is 442 g/mol. The number of imide groups is 1. The molecule has 0 spiro atoms. The van der Waals surface area contributed by atoms with E-state index in [0.717, 1.165) is 10.5 Å². The average molecular weight is 476 g/mol. The highest BCUT2D eigenvalue weighted by Crippen LogP contribution is 2.15. The Labute approximate surface area is 199 Å². The Hall–Kier alpha value is -3.43. The molecule has 0 aromatic heterocycles. The molecule has 1 heterocycles. The van der Waals surface area contributed by atoms with Gasteiger partial charge < -0.3 is 20.1 Å².